The molecular formula is C52H89BF2N5O19P3-. The molecule has 30 heteroatoms. The Morgan fingerprint density at radius 3 is 1.62 bits per heavy atom. The number of nitrogens with zero attached hydrogens (tertiary/aromatic N) is 4. The minimum atomic E-state index is -6.85. The monoisotopic (exact) mass is 1230 g/mol. The molecule has 3 N–H and O–H groups in total. The summed E-state index contributed by atoms with van der Waals surface area (Å²) in [5.74, 6) is -3.17. The first-order valence-corrected chi connectivity index (χ1v) is 33.9. The van der Waals surface area contributed by atoms with E-state index in [1.54, 1.807) is 0 Å². The maximum Gasteiger partial charge on any atom is 0.444 e. The van der Waals surface area contributed by atoms with E-state index in [2.05, 4.69) is 32.7 Å². The number of ether oxygens (including phenoxy) is 5. The molecule has 0 amide bonds. The largest absolute Gasteiger partial charge is 0.463 e. The van der Waals surface area contributed by atoms with Crippen LogP contribution in [0, 0.1) is 6.92 Å². The van der Waals surface area contributed by atoms with E-state index in [0.29, 0.717) is 12.8 Å². The van der Waals surface area contributed by atoms with Gasteiger partial charge >= 0.3 is 50.2 Å². The number of carbonyl (C=O) groups is 4. The second-order valence-electron chi connectivity index (χ2n) is 20.6. The Bertz CT molecular complexity index is 2380. The van der Waals surface area contributed by atoms with E-state index < -0.39 is 127 Å². The average molecular weight is 1230 g/mol. The third-order valence-corrected chi connectivity index (χ3v) is 19.2. The number of unbranched alkanes of at least 4 members (excludes halogenated alkanes) is 24. The van der Waals surface area contributed by atoms with Crippen LogP contribution in [0.15, 0.2) is 20.9 Å². The van der Waals surface area contributed by atoms with Gasteiger partial charge in [0.2, 0.25) is 0 Å². The summed E-state index contributed by atoms with van der Waals surface area (Å²) in [7, 11) is -13.7. The number of aryl methyl sites for hydroxylation is 1. The van der Waals surface area contributed by atoms with Crippen LogP contribution in [0.5, 0.6) is 0 Å². The quantitative estimate of drug-likeness (QED) is 0.00797. The molecule has 3 radical (unpaired) electrons. The summed E-state index contributed by atoms with van der Waals surface area (Å²) in [6, 6.07) is -1.20. The van der Waals surface area contributed by atoms with Crippen molar-refractivity contribution in [1.82, 2.24) is 9.55 Å². The van der Waals surface area contributed by atoms with Crippen LogP contribution in [-0.2, 0) is 69.9 Å². The zero-order valence-corrected chi connectivity index (χ0v) is 50.8. The molecule has 0 saturated carbocycles. The van der Waals surface area contributed by atoms with Gasteiger partial charge in [-0.1, -0.05) is 173 Å². The number of alkyl halides is 2. The third-order valence-electron chi connectivity index (χ3n) is 13.5. The lowest BCUT2D eigenvalue weighted by atomic mass is 10.0. The number of halogens is 2. The molecule has 0 bridgehead atoms. The van der Waals surface area contributed by atoms with Gasteiger partial charge in [0.05, 0.1) is 45.7 Å². The predicted molar refractivity (Wildman–Crippen MR) is 301 cm³/mol. The minimum absolute atomic E-state index is 0.0919. The van der Waals surface area contributed by atoms with Gasteiger partial charge in [0.25, 0.3) is 5.56 Å². The molecule has 2 heterocycles. The molecule has 24 nitrogen and oxygen atoms in total. The molecule has 1 saturated heterocycles. The van der Waals surface area contributed by atoms with Crippen molar-refractivity contribution in [2.75, 3.05) is 33.0 Å². The van der Waals surface area contributed by atoms with Crippen molar-refractivity contribution in [3.05, 3.63) is 43.0 Å². The lowest BCUT2D eigenvalue weighted by Crippen LogP contribution is -2.33. The van der Waals surface area contributed by atoms with Crippen LogP contribution in [-0.4, -0.2) is 107 Å². The molecule has 1 aromatic heterocycles. The molecule has 469 valence electrons. The molecular weight excluding hydrogens is 1140 g/mol. The summed E-state index contributed by atoms with van der Waals surface area (Å²) >= 11 is 0. The number of azide groups is 1. The highest BCUT2D eigenvalue weighted by atomic mass is 31.3. The molecule has 82 heavy (non-hydrogen) atoms. The van der Waals surface area contributed by atoms with Crippen LogP contribution in [0.2, 0.25) is 0 Å². The molecule has 1 aliphatic heterocycles. The van der Waals surface area contributed by atoms with Crippen LogP contribution in [0.1, 0.15) is 225 Å². The Morgan fingerprint density at radius 2 is 1.15 bits per heavy atom. The molecule has 4 unspecified atom stereocenters. The fourth-order valence-electron chi connectivity index (χ4n) is 8.71. The van der Waals surface area contributed by atoms with E-state index in [1.165, 1.54) is 110 Å². The highest BCUT2D eigenvalue weighted by Crippen LogP contribution is 2.79. The zero-order valence-electron chi connectivity index (χ0n) is 48.1. The van der Waals surface area contributed by atoms with Crippen LogP contribution in [0.3, 0.4) is 0 Å². The topological polar surface area (TPSA) is 337 Å². The van der Waals surface area contributed by atoms with Crippen molar-refractivity contribution >= 4 is 54.1 Å². The molecule has 1 aliphatic rings. The van der Waals surface area contributed by atoms with Crippen molar-refractivity contribution in [2.45, 2.75) is 250 Å². The van der Waals surface area contributed by atoms with Crippen molar-refractivity contribution < 1.29 is 88.5 Å². The van der Waals surface area contributed by atoms with Crippen LogP contribution >= 0.6 is 22.7 Å². The van der Waals surface area contributed by atoms with Gasteiger partial charge in [-0.3, -0.25) is 47.0 Å². The summed E-state index contributed by atoms with van der Waals surface area (Å²) < 4.78 is 109. The van der Waals surface area contributed by atoms with Crippen molar-refractivity contribution in [2.24, 2.45) is 5.11 Å². The number of esters is 4. The second-order valence-corrected chi connectivity index (χ2v) is 26.4. The Morgan fingerprint density at radius 1 is 0.707 bits per heavy atom. The number of H-pyrrole nitrogens is 1. The lowest BCUT2D eigenvalue weighted by molar-refractivity contribution is -0.167. The number of rotatable bonds is 49. The van der Waals surface area contributed by atoms with Gasteiger partial charge in [-0.25, -0.2) is 4.79 Å². The van der Waals surface area contributed by atoms with Gasteiger partial charge < -0.3 is 54.6 Å². The van der Waals surface area contributed by atoms with Crippen LogP contribution in [0.4, 0.5) is 8.78 Å². The molecule has 0 aromatic carbocycles. The Hall–Kier alpha value is -3.76. The molecule has 1 aromatic rings. The van der Waals surface area contributed by atoms with E-state index in [0.717, 1.165) is 62.1 Å². The summed E-state index contributed by atoms with van der Waals surface area (Å²) in [5, 5.41) is -2.26. The summed E-state index contributed by atoms with van der Waals surface area (Å²) in [5.41, 5.74) is 7.46. The first-order chi connectivity index (χ1) is 39.0. The van der Waals surface area contributed by atoms with E-state index >= 15 is 8.78 Å². The smallest absolute Gasteiger partial charge is 0.444 e. The maximum atomic E-state index is 15.1. The number of hydrogen-bond acceptors (Lipinski definition) is 18. The maximum absolute atomic E-state index is 15.1. The summed E-state index contributed by atoms with van der Waals surface area (Å²) in [6.07, 6.45) is 25.5. The minimum Gasteiger partial charge on any atom is -0.463 e. The highest BCUT2D eigenvalue weighted by molar-refractivity contribution is 7.86. The standard InChI is InChI=1S/C52H89BF2N5O19P3/c1-4-6-8-10-12-14-16-18-20-22-24-26-28-30-46(61)73-38-42(77-49(64)31-29-27-25-23-21-19-17-15-13-11-9-7-5-2)39-74-48(63)33-32-47(62)72-34-35-75-80(67,68)52(54,55)81(69,70)79-82(53,71)76-40-44-43(58-59-56)36-45(78-44)60-37-41(3)50(65)57-51(60)66/h37,42-45H,4-36,38-40H2,1-3H3,(H,67,68)(H,69,70)(H,57,65,66)/q-1/t42?,43-,44-,45-,82?/m1/s1. The molecule has 1 fully saturated rings. The zero-order chi connectivity index (χ0) is 60.9. The number of aromatic nitrogens is 2. The van der Waals surface area contributed by atoms with Crippen molar-refractivity contribution in [3.8, 4) is 0 Å². The Kier molecular flexibility index (Phi) is 37.5. The first kappa shape index (κ1) is 74.3. The Labute approximate surface area is 481 Å². The first-order valence-electron chi connectivity index (χ1n) is 29.1. The van der Waals surface area contributed by atoms with Crippen molar-refractivity contribution in [3.63, 3.8) is 0 Å². The molecule has 0 aliphatic carbocycles. The fraction of sp³-hybridized carbons (Fsp3) is 0.846. The third kappa shape index (κ3) is 30.9. The average Bonchev–Trinajstić information content (AvgIpc) is 3.83. The number of aromatic amines is 1. The number of carbonyl (C=O) groups excluding carboxylic acids is 4. The lowest BCUT2D eigenvalue weighted by Gasteiger charge is -2.33. The van der Waals surface area contributed by atoms with Gasteiger partial charge in [0.1, 0.15) is 26.0 Å². The van der Waals surface area contributed by atoms with E-state index in [1.807, 2.05) is 4.98 Å². The summed E-state index contributed by atoms with van der Waals surface area (Å²) in [4.78, 5) is 99.3. The SMILES string of the molecule is [B-]P(=O)(OC[C@H]1O[C@@H](n2cc(C)c(=O)[nH]c2=O)C[C@H]1N=[N+]=[N-])OP(=O)(O)C(F)(F)P(=O)(O)OCCOC(=O)CCC(=O)OCC(COC(=O)CCCCCCCCCCCCCCC)OC(=O)CCCCCCCCCCCCCCC. The number of hydrogen-bond donors (Lipinski definition) is 3. The van der Waals surface area contributed by atoms with Gasteiger partial charge in [0.15, 0.2) is 6.10 Å². The summed E-state index contributed by atoms with van der Waals surface area (Å²) in [6.45, 7) is 1.59. The van der Waals surface area contributed by atoms with Gasteiger partial charge in [0, 0.05) is 35.9 Å². The van der Waals surface area contributed by atoms with Crippen LogP contribution < -0.4 is 11.2 Å². The van der Waals surface area contributed by atoms with Crippen LogP contribution in [0.25, 0.3) is 10.4 Å². The number of nitrogens with one attached hydrogen (secondary N) is 1. The highest BCUT2D eigenvalue weighted by Gasteiger charge is 2.67. The predicted octanol–water partition coefficient (Wildman–Crippen LogP) is 12.3. The molecule has 2 rings (SSSR count). The van der Waals surface area contributed by atoms with Crippen molar-refractivity contribution in [1.29, 1.82) is 0 Å². The van der Waals surface area contributed by atoms with Gasteiger partial charge in [-0.2, -0.15) is 8.78 Å². The Balaban J connectivity index is 1.82. The molecule has 7 atom stereocenters. The van der Waals surface area contributed by atoms with Gasteiger partial charge in [-0.05, 0) is 25.3 Å². The van der Waals surface area contributed by atoms with E-state index in [-0.39, 0.29) is 31.4 Å². The van der Waals surface area contributed by atoms with E-state index in [4.69, 9.17) is 41.3 Å². The normalized spacial score (nSPS) is 17.9. The van der Waals surface area contributed by atoms with E-state index in [9.17, 15) is 52.2 Å². The molecule has 0 spiro atoms. The second kappa shape index (κ2) is 41.3. The van der Waals surface area contributed by atoms with Gasteiger partial charge in [-0.15, -0.1) is 0 Å². The fourth-order valence-corrected chi connectivity index (χ4v) is 13.1.